The fourth-order valence-corrected chi connectivity index (χ4v) is 0.908. The number of allylic oxidation sites excluding steroid dienone is 1. The molecule has 0 aromatic rings. The average molecular weight is 163 g/mol. The molecule has 0 saturated heterocycles. The Morgan fingerprint density at radius 2 is 2.67 bits per heavy atom. The van der Waals surface area contributed by atoms with Crippen molar-refractivity contribution in [2.45, 2.75) is 0 Å². The number of nitriles is 1. The van der Waals surface area contributed by atoms with Crippen molar-refractivity contribution in [1.29, 1.82) is 5.26 Å². The molecule has 1 unspecified atom stereocenters. The molecule has 0 radical (unpaired) electrons. The van der Waals surface area contributed by atoms with Gasteiger partial charge in [0.15, 0.2) is 0 Å². The van der Waals surface area contributed by atoms with Gasteiger partial charge in [-0.2, -0.15) is 5.26 Å². The van der Waals surface area contributed by atoms with Gasteiger partial charge in [-0.1, -0.05) is 6.08 Å². The quantitative estimate of drug-likeness (QED) is 0.577. The molecule has 1 heterocycles. The van der Waals surface area contributed by atoms with E-state index in [0.29, 0.717) is 6.54 Å². The van der Waals surface area contributed by atoms with Gasteiger partial charge in [0.05, 0.1) is 18.5 Å². The molecule has 1 aliphatic rings. The molecule has 0 spiro atoms. The highest BCUT2D eigenvalue weighted by atomic mass is 16.1. The van der Waals surface area contributed by atoms with Crippen molar-refractivity contribution in [3.63, 3.8) is 0 Å². The first-order valence-corrected chi connectivity index (χ1v) is 3.66. The third-order valence-corrected chi connectivity index (χ3v) is 1.52. The zero-order chi connectivity index (χ0) is 8.81. The minimum absolute atomic E-state index is 0.0624. The van der Waals surface area contributed by atoms with E-state index in [0.717, 1.165) is 0 Å². The number of hydrogen-bond donors (Lipinski definition) is 1. The number of nitrogens with one attached hydrogen (secondary N) is 1. The molecule has 62 valence electrons. The third kappa shape index (κ3) is 2.20. The summed E-state index contributed by atoms with van der Waals surface area (Å²) in [5.41, 5.74) is 0. The van der Waals surface area contributed by atoms with Crippen LogP contribution in [0.2, 0.25) is 0 Å². The van der Waals surface area contributed by atoms with Gasteiger partial charge in [0.25, 0.3) is 0 Å². The van der Waals surface area contributed by atoms with Crippen LogP contribution in [0.5, 0.6) is 0 Å². The van der Waals surface area contributed by atoms with E-state index in [9.17, 15) is 4.79 Å². The van der Waals surface area contributed by atoms with Crippen LogP contribution in [0.25, 0.3) is 0 Å². The van der Waals surface area contributed by atoms with E-state index in [1.165, 1.54) is 0 Å². The van der Waals surface area contributed by atoms with Gasteiger partial charge in [0.2, 0.25) is 5.91 Å². The molecule has 4 heteroatoms. The second-order valence-corrected chi connectivity index (χ2v) is 2.38. The van der Waals surface area contributed by atoms with Gasteiger partial charge in [-0.25, -0.2) is 0 Å². The highest BCUT2D eigenvalue weighted by molar-refractivity contribution is 5.84. The predicted molar refractivity (Wildman–Crippen MR) is 44.6 cm³/mol. The Balaban J connectivity index is 2.38. The average Bonchev–Trinajstić information content (AvgIpc) is 2.15. The largest absolute Gasteiger partial charge is 0.342 e. The van der Waals surface area contributed by atoms with Crippen LogP contribution in [0.15, 0.2) is 17.1 Å². The lowest BCUT2D eigenvalue weighted by Gasteiger charge is -2.10. The van der Waals surface area contributed by atoms with Crippen molar-refractivity contribution < 1.29 is 4.79 Å². The van der Waals surface area contributed by atoms with Crippen molar-refractivity contribution in [2.24, 2.45) is 10.9 Å². The summed E-state index contributed by atoms with van der Waals surface area (Å²) < 4.78 is 0. The van der Waals surface area contributed by atoms with Crippen LogP contribution in [0.1, 0.15) is 0 Å². The number of aliphatic imine (C=N–C) groups is 1. The van der Waals surface area contributed by atoms with Gasteiger partial charge in [-0.15, -0.1) is 0 Å². The fraction of sp³-hybridized carbons (Fsp3) is 0.375. The highest BCUT2D eigenvalue weighted by Gasteiger charge is 2.14. The van der Waals surface area contributed by atoms with E-state index < -0.39 is 0 Å². The van der Waals surface area contributed by atoms with Crippen molar-refractivity contribution >= 4 is 12.1 Å². The Hall–Kier alpha value is -1.63. The van der Waals surface area contributed by atoms with Crippen LogP contribution >= 0.6 is 0 Å². The summed E-state index contributed by atoms with van der Waals surface area (Å²) in [5, 5.41) is 10.7. The van der Waals surface area contributed by atoms with Gasteiger partial charge in [-0.05, 0) is 6.08 Å². The number of carbonyl (C=O) groups excluding carboxylic acids is 1. The molecule has 0 fully saturated rings. The second-order valence-electron chi connectivity index (χ2n) is 2.38. The minimum atomic E-state index is -0.205. The number of dihydropyridines is 1. The number of hydrogen-bond acceptors (Lipinski definition) is 3. The normalized spacial score (nSPS) is 20.1. The maximum Gasteiger partial charge on any atom is 0.229 e. The second kappa shape index (κ2) is 4.29. The molecule has 1 atom stereocenters. The summed E-state index contributed by atoms with van der Waals surface area (Å²) in [6, 6.07) is 1.84. The maximum absolute atomic E-state index is 11.2. The lowest BCUT2D eigenvalue weighted by atomic mass is 10.1. The summed E-state index contributed by atoms with van der Waals surface area (Å²) in [5.74, 6) is -0.340. The minimum Gasteiger partial charge on any atom is -0.342 e. The fourth-order valence-electron chi connectivity index (χ4n) is 0.908. The van der Waals surface area contributed by atoms with Crippen LogP contribution in [0.3, 0.4) is 0 Å². The molecule has 1 amide bonds. The number of rotatable bonds is 2. The molecule has 1 aliphatic heterocycles. The summed E-state index contributed by atoms with van der Waals surface area (Å²) in [4.78, 5) is 15.1. The van der Waals surface area contributed by atoms with Gasteiger partial charge < -0.3 is 5.32 Å². The van der Waals surface area contributed by atoms with E-state index in [2.05, 4.69) is 10.3 Å². The Labute approximate surface area is 70.6 Å². The number of carbonyl (C=O) groups is 1. The SMILES string of the molecule is N#CCNC(=O)C1C=CC=NC1. The zero-order valence-electron chi connectivity index (χ0n) is 6.53. The molecule has 0 aromatic heterocycles. The smallest absolute Gasteiger partial charge is 0.229 e. The Morgan fingerprint density at radius 1 is 1.83 bits per heavy atom. The van der Waals surface area contributed by atoms with Gasteiger partial charge in [-0.3, -0.25) is 9.79 Å². The van der Waals surface area contributed by atoms with Crippen LogP contribution in [-0.2, 0) is 4.79 Å². The molecule has 1 N–H and O–H groups in total. The van der Waals surface area contributed by atoms with Gasteiger partial charge in [0, 0.05) is 6.21 Å². The molecular formula is C8H9N3O. The molecule has 0 aliphatic carbocycles. The van der Waals surface area contributed by atoms with Crippen LogP contribution in [-0.4, -0.2) is 25.2 Å². The molecule has 1 rings (SSSR count). The maximum atomic E-state index is 11.2. The Morgan fingerprint density at radius 3 is 3.25 bits per heavy atom. The predicted octanol–water partition coefficient (Wildman–Crippen LogP) is -0.117. The van der Waals surface area contributed by atoms with Crippen molar-refractivity contribution in [3.05, 3.63) is 12.2 Å². The first-order valence-electron chi connectivity index (χ1n) is 3.66. The number of amides is 1. The van der Waals surface area contributed by atoms with Gasteiger partial charge >= 0.3 is 0 Å². The van der Waals surface area contributed by atoms with E-state index in [4.69, 9.17) is 5.26 Å². The Bertz CT molecular complexity index is 262. The summed E-state index contributed by atoms with van der Waals surface area (Å²) >= 11 is 0. The van der Waals surface area contributed by atoms with Crippen molar-refractivity contribution in [3.8, 4) is 6.07 Å². The van der Waals surface area contributed by atoms with Crippen molar-refractivity contribution in [1.82, 2.24) is 5.32 Å². The molecule has 12 heavy (non-hydrogen) atoms. The molecule has 0 bridgehead atoms. The monoisotopic (exact) mass is 163 g/mol. The summed E-state index contributed by atoms with van der Waals surface area (Å²) in [6.45, 7) is 0.542. The van der Waals surface area contributed by atoms with Crippen LogP contribution in [0, 0.1) is 17.2 Å². The van der Waals surface area contributed by atoms with E-state index in [-0.39, 0.29) is 18.4 Å². The molecular weight excluding hydrogens is 154 g/mol. The Kier molecular flexibility index (Phi) is 3.03. The first kappa shape index (κ1) is 8.47. The molecule has 0 saturated carbocycles. The van der Waals surface area contributed by atoms with E-state index in [1.54, 1.807) is 18.4 Å². The summed E-state index contributed by atoms with van der Waals surface area (Å²) in [7, 11) is 0. The standard InChI is InChI=1S/C8H9N3O/c9-3-5-11-8(12)7-2-1-4-10-6-7/h1-2,4,7H,5-6H2,(H,11,12). The van der Waals surface area contributed by atoms with Crippen molar-refractivity contribution in [2.75, 3.05) is 13.1 Å². The molecule has 4 nitrogen and oxygen atoms in total. The lowest BCUT2D eigenvalue weighted by Crippen LogP contribution is -2.32. The van der Waals surface area contributed by atoms with Crippen LogP contribution in [0.4, 0.5) is 0 Å². The lowest BCUT2D eigenvalue weighted by molar-refractivity contribution is -0.123. The zero-order valence-corrected chi connectivity index (χ0v) is 6.53. The first-order chi connectivity index (χ1) is 5.84. The highest BCUT2D eigenvalue weighted by Crippen LogP contribution is 2.02. The third-order valence-electron chi connectivity index (χ3n) is 1.52. The van der Waals surface area contributed by atoms with Gasteiger partial charge in [0.1, 0.15) is 6.54 Å². The summed E-state index contributed by atoms with van der Waals surface area (Å²) in [6.07, 6.45) is 5.17. The van der Waals surface area contributed by atoms with E-state index >= 15 is 0 Å². The number of nitrogens with zero attached hydrogens (tertiary/aromatic N) is 2. The van der Waals surface area contributed by atoms with Crippen LogP contribution < -0.4 is 5.32 Å². The van der Waals surface area contributed by atoms with E-state index in [1.807, 2.05) is 6.07 Å². The molecule has 0 aromatic carbocycles. The topological polar surface area (TPSA) is 65.2 Å².